The van der Waals surface area contributed by atoms with Crippen LogP contribution in [0, 0.1) is 5.92 Å². The van der Waals surface area contributed by atoms with Crippen LogP contribution in [0.5, 0.6) is 5.75 Å². The quantitative estimate of drug-likeness (QED) is 0.740. The molecule has 0 bridgehead atoms. The Labute approximate surface area is 102 Å². The van der Waals surface area contributed by atoms with Gasteiger partial charge in [0.05, 0.1) is 13.0 Å². The lowest BCUT2D eigenvalue weighted by Gasteiger charge is -2.09. The molecule has 3 N–H and O–H groups in total. The van der Waals surface area contributed by atoms with Crippen molar-refractivity contribution in [2.24, 2.45) is 5.92 Å². The van der Waals surface area contributed by atoms with Crippen LogP contribution in [-0.2, 0) is 4.79 Å². The third kappa shape index (κ3) is 5.80. The normalized spacial score (nSPS) is 10.3. The summed E-state index contributed by atoms with van der Waals surface area (Å²) >= 11 is 0. The van der Waals surface area contributed by atoms with Gasteiger partial charge >= 0.3 is 0 Å². The monoisotopic (exact) mass is 236 g/mol. The van der Waals surface area contributed by atoms with Crippen LogP contribution in [0.3, 0.4) is 0 Å². The van der Waals surface area contributed by atoms with Crippen molar-refractivity contribution in [3.63, 3.8) is 0 Å². The van der Waals surface area contributed by atoms with E-state index in [2.05, 4.69) is 19.2 Å². The topological polar surface area (TPSA) is 64.3 Å². The number of nitrogen functional groups attached to an aromatic ring is 1. The Hall–Kier alpha value is -1.71. The first kappa shape index (κ1) is 13.4. The van der Waals surface area contributed by atoms with E-state index in [-0.39, 0.29) is 5.91 Å². The van der Waals surface area contributed by atoms with E-state index in [9.17, 15) is 4.79 Å². The minimum Gasteiger partial charge on any atom is -0.493 e. The van der Waals surface area contributed by atoms with Gasteiger partial charge in [-0.2, -0.15) is 0 Å². The number of hydrogen-bond donors (Lipinski definition) is 2. The summed E-state index contributed by atoms with van der Waals surface area (Å²) in [4.78, 5) is 11.4. The molecule has 0 radical (unpaired) electrons. The van der Waals surface area contributed by atoms with E-state index in [4.69, 9.17) is 10.5 Å². The molecule has 17 heavy (non-hydrogen) atoms. The lowest BCUT2D eigenvalue weighted by molar-refractivity contribution is -0.121. The second kappa shape index (κ2) is 6.78. The number of ether oxygens (including phenoxy) is 1. The molecule has 4 heteroatoms. The molecule has 1 rings (SSSR count). The summed E-state index contributed by atoms with van der Waals surface area (Å²) in [6.45, 7) is 5.19. The van der Waals surface area contributed by atoms with E-state index in [0.29, 0.717) is 36.9 Å². The maximum Gasteiger partial charge on any atom is 0.223 e. The van der Waals surface area contributed by atoms with Gasteiger partial charge in [-0.3, -0.25) is 4.79 Å². The molecule has 4 nitrogen and oxygen atoms in total. The molecule has 0 aliphatic carbocycles. The first-order valence-corrected chi connectivity index (χ1v) is 5.83. The number of nitrogens with one attached hydrogen (secondary N) is 1. The van der Waals surface area contributed by atoms with Gasteiger partial charge in [-0.1, -0.05) is 19.9 Å². The maximum atomic E-state index is 11.4. The van der Waals surface area contributed by atoms with Crippen molar-refractivity contribution in [1.82, 2.24) is 5.32 Å². The van der Waals surface area contributed by atoms with Crippen molar-refractivity contribution in [2.45, 2.75) is 20.3 Å². The third-order valence-electron chi connectivity index (χ3n) is 2.16. The molecule has 0 heterocycles. The Morgan fingerprint density at radius 2 is 2.24 bits per heavy atom. The highest BCUT2D eigenvalue weighted by Crippen LogP contribution is 2.14. The average molecular weight is 236 g/mol. The second-order valence-electron chi connectivity index (χ2n) is 4.37. The summed E-state index contributed by atoms with van der Waals surface area (Å²) in [5, 5.41) is 2.84. The smallest absolute Gasteiger partial charge is 0.223 e. The molecular formula is C13H20N2O2. The first-order chi connectivity index (χ1) is 8.08. The average Bonchev–Trinajstić information content (AvgIpc) is 2.26. The molecule has 0 unspecified atom stereocenters. The lowest BCUT2D eigenvalue weighted by Crippen LogP contribution is -2.28. The summed E-state index contributed by atoms with van der Waals surface area (Å²) in [6, 6.07) is 7.18. The zero-order valence-corrected chi connectivity index (χ0v) is 10.4. The minimum absolute atomic E-state index is 0.0163. The number of amides is 1. The Morgan fingerprint density at radius 1 is 1.47 bits per heavy atom. The summed E-state index contributed by atoms with van der Waals surface area (Å²) in [6.07, 6.45) is 0.363. The van der Waals surface area contributed by atoms with E-state index >= 15 is 0 Å². The Balaban J connectivity index is 2.21. The summed E-state index contributed by atoms with van der Waals surface area (Å²) < 4.78 is 5.42. The molecule has 0 saturated heterocycles. The number of carbonyl (C=O) groups is 1. The highest BCUT2D eigenvalue weighted by atomic mass is 16.5. The van der Waals surface area contributed by atoms with E-state index in [1.54, 1.807) is 12.1 Å². The van der Waals surface area contributed by atoms with Crippen LogP contribution >= 0.6 is 0 Å². The Bertz CT molecular complexity index is 364. The highest BCUT2D eigenvalue weighted by molar-refractivity contribution is 5.75. The zero-order chi connectivity index (χ0) is 12.7. The third-order valence-corrected chi connectivity index (χ3v) is 2.16. The van der Waals surface area contributed by atoms with Gasteiger partial charge in [-0.15, -0.1) is 0 Å². The van der Waals surface area contributed by atoms with Crippen LogP contribution in [0.2, 0.25) is 0 Å². The number of hydrogen-bond acceptors (Lipinski definition) is 3. The maximum absolute atomic E-state index is 11.4. The molecule has 0 atom stereocenters. The molecule has 1 aromatic rings. The number of benzene rings is 1. The molecule has 94 valence electrons. The van der Waals surface area contributed by atoms with E-state index in [1.807, 2.05) is 12.1 Å². The molecule has 0 fully saturated rings. The summed E-state index contributed by atoms with van der Waals surface area (Å²) in [7, 11) is 0. The molecule has 0 aliphatic rings. The van der Waals surface area contributed by atoms with Crippen molar-refractivity contribution in [3.8, 4) is 5.75 Å². The molecule has 0 aromatic heterocycles. The fraction of sp³-hybridized carbons (Fsp3) is 0.462. The first-order valence-electron chi connectivity index (χ1n) is 5.83. The fourth-order valence-electron chi connectivity index (χ4n) is 1.27. The molecule has 0 aliphatic heterocycles. The van der Waals surface area contributed by atoms with Crippen molar-refractivity contribution in [3.05, 3.63) is 24.3 Å². The van der Waals surface area contributed by atoms with Crippen LogP contribution in [0.15, 0.2) is 24.3 Å². The van der Waals surface area contributed by atoms with Crippen molar-refractivity contribution in [1.29, 1.82) is 0 Å². The predicted octanol–water partition coefficient (Wildman–Crippen LogP) is 1.81. The Kier molecular flexibility index (Phi) is 5.33. The number of carbonyl (C=O) groups excluding carboxylic acids is 1. The Morgan fingerprint density at radius 3 is 2.88 bits per heavy atom. The van der Waals surface area contributed by atoms with Gasteiger partial charge < -0.3 is 15.8 Å². The predicted molar refractivity (Wildman–Crippen MR) is 68.8 cm³/mol. The van der Waals surface area contributed by atoms with Gasteiger partial charge in [0.25, 0.3) is 0 Å². The molecular weight excluding hydrogens is 216 g/mol. The van der Waals surface area contributed by atoms with Crippen molar-refractivity contribution in [2.75, 3.05) is 18.9 Å². The highest BCUT2D eigenvalue weighted by Gasteiger charge is 2.02. The van der Waals surface area contributed by atoms with Gasteiger partial charge in [0.1, 0.15) is 5.75 Å². The van der Waals surface area contributed by atoms with Gasteiger partial charge in [-0.25, -0.2) is 0 Å². The molecule has 1 amide bonds. The van der Waals surface area contributed by atoms with Gasteiger partial charge in [0, 0.05) is 18.3 Å². The molecule has 0 saturated carbocycles. The van der Waals surface area contributed by atoms with Gasteiger partial charge in [0.15, 0.2) is 0 Å². The van der Waals surface area contributed by atoms with Crippen LogP contribution < -0.4 is 15.8 Å². The largest absolute Gasteiger partial charge is 0.493 e. The number of anilines is 1. The van der Waals surface area contributed by atoms with E-state index in [1.165, 1.54) is 0 Å². The number of nitrogens with two attached hydrogens (primary N) is 1. The number of rotatable bonds is 6. The summed E-state index contributed by atoms with van der Waals surface area (Å²) in [5.74, 6) is 1.18. The minimum atomic E-state index is 0.0163. The summed E-state index contributed by atoms with van der Waals surface area (Å²) in [5.41, 5.74) is 6.27. The second-order valence-corrected chi connectivity index (χ2v) is 4.37. The van der Waals surface area contributed by atoms with Gasteiger partial charge in [-0.05, 0) is 18.1 Å². The van der Waals surface area contributed by atoms with E-state index < -0.39 is 0 Å². The fourth-order valence-corrected chi connectivity index (χ4v) is 1.27. The van der Waals surface area contributed by atoms with Crippen LogP contribution in [0.4, 0.5) is 5.69 Å². The standard InChI is InChI=1S/C13H20N2O2/c1-10(2)9-15-13(16)6-7-17-12-5-3-4-11(14)8-12/h3-5,8,10H,6-7,9,14H2,1-2H3,(H,15,16). The van der Waals surface area contributed by atoms with E-state index in [0.717, 1.165) is 0 Å². The zero-order valence-electron chi connectivity index (χ0n) is 10.4. The van der Waals surface area contributed by atoms with Crippen LogP contribution in [-0.4, -0.2) is 19.1 Å². The van der Waals surface area contributed by atoms with Crippen molar-refractivity contribution < 1.29 is 9.53 Å². The SMILES string of the molecule is CC(C)CNC(=O)CCOc1cccc(N)c1. The van der Waals surface area contributed by atoms with Crippen LogP contribution in [0.25, 0.3) is 0 Å². The van der Waals surface area contributed by atoms with Crippen LogP contribution in [0.1, 0.15) is 20.3 Å². The van der Waals surface area contributed by atoms with Crippen molar-refractivity contribution >= 4 is 11.6 Å². The van der Waals surface area contributed by atoms with Gasteiger partial charge in [0.2, 0.25) is 5.91 Å². The molecule has 0 spiro atoms. The lowest BCUT2D eigenvalue weighted by atomic mass is 10.2. The molecule has 1 aromatic carbocycles.